The highest BCUT2D eigenvalue weighted by Gasteiger charge is 2.17. The van der Waals surface area contributed by atoms with Gasteiger partial charge in [0.2, 0.25) is 0 Å². The van der Waals surface area contributed by atoms with Crippen LogP contribution in [0.5, 0.6) is 0 Å². The molecule has 1 aromatic carbocycles. The lowest BCUT2D eigenvalue weighted by molar-refractivity contribution is 0.0917. The average molecular weight is 291 g/mol. The van der Waals surface area contributed by atoms with Crippen molar-refractivity contribution in [2.75, 3.05) is 13.6 Å². The van der Waals surface area contributed by atoms with Gasteiger partial charge in [-0.2, -0.15) is 0 Å². The van der Waals surface area contributed by atoms with Gasteiger partial charge < -0.3 is 4.57 Å². The first kappa shape index (κ1) is 14.8. The molecule has 0 aliphatic rings. The van der Waals surface area contributed by atoms with Crippen LogP contribution in [-0.2, 0) is 7.05 Å². The number of benzene rings is 1. The summed E-state index contributed by atoms with van der Waals surface area (Å²) >= 11 is 6.01. The van der Waals surface area contributed by atoms with E-state index in [1.165, 1.54) is 0 Å². The molecule has 0 saturated carbocycles. The Bertz CT molecular complexity index is 606. The fourth-order valence-corrected chi connectivity index (χ4v) is 2.41. The number of aromatic nitrogens is 1. The lowest BCUT2D eigenvalue weighted by Gasteiger charge is -2.24. The van der Waals surface area contributed by atoms with Gasteiger partial charge in [-0.3, -0.25) is 9.69 Å². The minimum absolute atomic E-state index is 0.119. The van der Waals surface area contributed by atoms with Crippen LogP contribution in [0.1, 0.15) is 29.0 Å². The van der Waals surface area contributed by atoms with Crippen LogP contribution in [0, 0.1) is 0 Å². The SMILES string of the molecule is CC(c1cccc(Cl)c1)N(C)CC(=O)c1cccn1C. The van der Waals surface area contributed by atoms with Gasteiger partial charge in [0.05, 0.1) is 12.2 Å². The summed E-state index contributed by atoms with van der Waals surface area (Å²) in [7, 11) is 3.83. The second-order valence-electron chi connectivity index (χ2n) is 5.07. The van der Waals surface area contributed by atoms with Crippen molar-refractivity contribution in [1.29, 1.82) is 0 Å². The van der Waals surface area contributed by atoms with Crippen LogP contribution >= 0.6 is 11.6 Å². The summed E-state index contributed by atoms with van der Waals surface area (Å²) in [5, 5.41) is 0.719. The van der Waals surface area contributed by atoms with Crippen molar-refractivity contribution in [2.45, 2.75) is 13.0 Å². The van der Waals surface area contributed by atoms with E-state index in [0.717, 1.165) is 16.3 Å². The van der Waals surface area contributed by atoms with Gasteiger partial charge in [0, 0.05) is 24.3 Å². The molecule has 0 aliphatic heterocycles. The minimum Gasteiger partial charge on any atom is -0.348 e. The van der Waals surface area contributed by atoms with Crippen LogP contribution in [0.25, 0.3) is 0 Å². The number of carbonyl (C=O) groups excluding carboxylic acids is 1. The molecule has 4 heteroatoms. The van der Waals surface area contributed by atoms with Crippen LogP contribution in [-0.4, -0.2) is 28.8 Å². The molecule has 2 rings (SSSR count). The highest BCUT2D eigenvalue weighted by Crippen LogP contribution is 2.22. The molecule has 0 radical (unpaired) electrons. The normalized spacial score (nSPS) is 12.7. The van der Waals surface area contributed by atoms with Gasteiger partial charge in [-0.25, -0.2) is 0 Å². The van der Waals surface area contributed by atoms with Gasteiger partial charge in [0.1, 0.15) is 0 Å². The Kier molecular flexibility index (Phi) is 4.63. The zero-order valence-electron chi connectivity index (χ0n) is 12.0. The number of Topliss-reactive ketones (excluding diaryl/α,β-unsaturated/α-hetero) is 1. The molecule has 0 spiro atoms. The number of nitrogens with zero attached hydrogens (tertiary/aromatic N) is 2. The van der Waals surface area contributed by atoms with E-state index < -0.39 is 0 Å². The van der Waals surface area contributed by atoms with Crippen LogP contribution in [0.15, 0.2) is 42.6 Å². The van der Waals surface area contributed by atoms with Crippen molar-refractivity contribution >= 4 is 17.4 Å². The maximum absolute atomic E-state index is 12.3. The zero-order chi connectivity index (χ0) is 14.7. The van der Waals surface area contributed by atoms with Crippen molar-refractivity contribution in [3.05, 3.63) is 58.9 Å². The van der Waals surface area contributed by atoms with Crippen LogP contribution < -0.4 is 0 Å². The minimum atomic E-state index is 0.119. The number of carbonyl (C=O) groups is 1. The van der Waals surface area contributed by atoms with Crippen molar-refractivity contribution < 1.29 is 4.79 Å². The molecular formula is C16H19ClN2O. The zero-order valence-corrected chi connectivity index (χ0v) is 12.8. The van der Waals surface area contributed by atoms with E-state index in [1.807, 2.05) is 66.2 Å². The fraction of sp³-hybridized carbons (Fsp3) is 0.312. The van der Waals surface area contributed by atoms with E-state index in [4.69, 9.17) is 11.6 Å². The van der Waals surface area contributed by atoms with Gasteiger partial charge in [0.15, 0.2) is 5.78 Å². The lowest BCUT2D eigenvalue weighted by Crippen LogP contribution is -2.29. The molecule has 2 aromatic rings. The first-order chi connectivity index (χ1) is 9.49. The summed E-state index contributed by atoms with van der Waals surface area (Å²) in [6, 6.07) is 11.6. The number of ketones is 1. The first-order valence-electron chi connectivity index (χ1n) is 6.59. The molecule has 0 amide bonds. The third-order valence-electron chi connectivity index (χ3n) is 3.61. The van der Waals surface area contributed by atoms with Gasteiger partial charge >= 0.3 is 0 Å². The highest BCUT2D eigenvalue weighted by atomic mass is 35.5. The highest BCUT2D eigenvalue weighted by molar-refractivity contribution is 6.30. The average Bonchev–Trinajstić information content (AvgIpc) is 2.84. The maximum atomic E-state index is 12.3. The van der Waals surface area contributed by atoms with Crippen LogP contribution in [0.3, 0.4) is 0 Å². The molecule has 0 aliphatic carbocycles. The molecule has 20 heavy (non-hydrogen) atoms. The monoisotopic (exact) mass is 290 g/mol. The van der Waals surface area contributed by atoms with E-state index >= 15 is 0 Å². The second kappa shape index (κ2) is 6.25. The third kappa shape index (κ3) is 3.30. The van der Waals surface area contributed by atoms with Crippen molar-refractivity contribution in [1.82, 2.24) is 9.47 Å². The molecular weight excluding hydrogens is 272 g/mol. The summed E-state index contributed by atoms with van der Waals surface area (Å²) in [4.78, 5) is 14.3. The molecule has 106 valence electrons. The predicted molar refractivity (Wildman–Crippen MR) is 82.2 cm³/mol. The first-order valence-corrected chi connectivity index (χ1v) is 6.97. The van der Waals surface area contributed by atoms with E-state index in [9.17, 15) is 4.79 Å². The molecule has 0 N–H and O–H groups in total. The van der Waals surface area contributed by atoms with E-state index in [2.05, 4.69) is 6.92 Å². The summed E-state index contributed by atoms with van der Waals surface area (Å²) < 4.78 is 1.85. The second-order valence-corrected chi connectivity index (χ2v) is 5.51. The van der Waals surface area contributed by atoms with Gasteiger partial charge in [-0.15, -0.1) is 0 Å². The Morgan fingerprint density at radius 1 is 1.35 bits per heavy atom. The number of hydrogen-bond acceptors (Lipinski definition) is 2. The van der Waals surface area contributed by atoms with E-state index in [-0.39, 0.29) is 11.8 Å². The number of aryl methyl sites for hydroxylation is 1. The summed E-state index contributed by atoms with van der Waals surface area (Å²) in [5.74, 6) is 0.119. The Labute approximate surface area is 124 Å². The Hall–Kier alpha value is -1.58. The molecule has 1 aromatic heterocycles. The molecule has 1 atom stereocenters. The summed E-state index contributed by atoms with van der Waals surface area (Å²) in [6.07, 6.45) is 1.88. The van der Waals surface area contributed by atoms with Crippen LogP contribution in [0.2, 0.25) is 5.02 Å². The summed E-state index contributed by atoms with van der Waals surface area (Å²) in [5.41, 5.74) is 1.84. The van der Waals surface area contributed by atoms with E-state index in [1.54, 1.807) is 0 Å². The standard InChI is InChI=1S/C16H19ClN2O/c1-12(13-6-4-7-14(17)10-13)19(3)11-16(20)15-8-5-9-18(15)2/h4-10,12H,11H2,1-3H3. The Balaban J connectivity index is 2.06. The molecule has 0 fully saturated rings. The number of halogens is 1. The topological polar surface area (TPSA) is 25.2 Å². The predicted octanol–water partition coefficient (Wildman–Crippen LogP) is 3.55. The molecule has 0 bridgehead atoms. The maximum Gasteiger partial charge on any atom is 0.193 e. The molecule has 0 saturated heterocycles. The molecule has 1 unspecified atom stereocenters. The quantitative estimate of drug-likeness (QED) is 0.787. The van der Waals surface area contributed by atoms with Crippen molar-refractivity contribution in [3.63, 3.8) is 0 Å². The number of likely N-dealkylation sites (N-methyl/N-ethyl adjacent to an activating group) is 1. The fourth-order valence-electron chi connectivity index (χ4n) is 2.22. The Morgan fingerprint density at radius 2 is 2.10 bits per heavy atom. The van der Waals surface area contributed by atoms with Gasteiger partial charge in [-0.05, 0) is 43.8 Å². The Morgan fingerprint density at radius 3 is 2.70 bits per heavy atom. The smallest absolute Gasteiger partial charge is 0.193 e. The lowest BCUT2D eigenvalue weighted by atomic mass is 10.1. The molecule has 3 nitrogen and oxygen atoms in total. The number of rotatable bonds is 5. The van der Waals surface area contributed by atoms with E-state index in [0.29, 0.717) is 6.54 Å². The van der Waals surface area contributed by atoms with Crippen LogP contribution in [0.4, 0.5) is 0 Å². The largest absolute Gasteiger partial charge is 0.348 e. The van der Waals surface area contributed by atoms with Gasteiger partial charge in [-0.1, -0.05) is 23.7 Å². The molecule has 1 heterocycles. The van der Waals surface area contributed by atoms with Crippen molar-refractivity contribution in [3.8, 4) is 0 Å². The summed E-state index contributed by atoms with van der Waals surface area (Å²) in [6.45, 7) is 2.45. The van der Waals surface area contributed by atoms with Gasteiger partial charge in [0.25, 0.3) is 0 Å². The number of hydrogen-bond donors (Lipinski definition) is 0. The van der Waals surface area contributed by atoms with Crippen molar-refractivity contribution in [2.24, 2.45) is 7.05 Å². The third-order valence-corrected chi connectivity index (χ3v) is 3.85.